The number of hydrogen-bond donors (Lipinski definition) is 3. The summed E-state index contributed by atoms with van der Waals surface area (Å²) in [5.41, 5.74) is 2.24. The van der Waals surface area contributed by atoms with Crippen LogP contribution in [0.4, 0.5) is 0 Å². The molecule has 0 aliphatic rings. The zero-order valence-electron chi connectivity index (χ0n) is 13.2. The number of benzene rings is 1. The van der Waals surface area contributed by atoms with Gasteiger partial charge < -0.3 is 19.8 Å². The molecule has 2 aromatic heterocycles. The Kier molecular flexibility index (Phi) is 3.81. The number of aliphatic hydroxyl groups is 1. The smallest absolute Gasteiger partial charge is 0.107 e. The summed E-state index contributed by atoms with van der Waals surface area (Å²) in [4.78, 5) is 3.21. The van der Waals surface area contributed by atoms with E-state index in [1.54, 1.807) is 0 Å². The van der Waals surface area contributed by atoms with Crippen LogP contribution in [-0.4, -0.2) is 16.6 Å². The first-order chi connectivity index (χ1) is 10.5. The second kappa shape index (κ2) is 5.63. The third kappa shape index (κ3) is 2.80. The monoisotopic (exact) mass is 298 g/mol. The molecule has 0 saturated carbocycles. The zero-order chi connectivity index (χ0) is 15.7. The maximum Gasteiger partial charge on any atom is 0.107 e. The molecule has 0 amide bonds. The molecule has 0 radical (unpaired) electrons. The molecule has 2 heterocycles. The second-order valence-electron chi connectivity index (χ2n) is 6.06. The Morgan fingerprint density at radius 1 is 1.27 bits per heavy atom. The number of rotatable bonds is 5. The summed E-state index contributed by atoms with van der Waals surface area (Å²) in [6.07, 6.45) is 1.95. The first kappa shape index (κ1) is 14.9. The molecule has 116 valence electrons. The van der Waals surface area contributed by atoms with E-state index in [0.29, 0.717) is 13.1 Å². The number of aromatic amines is 1. The minimum absolute atomic E-state index is 0.466. The lowest BCUT2D eigenvalue weighted by atomic mass is 9.96. The van der Waals surface area contributed by atoms with E-state index in [1.807, 2.05) is 39.1 Å². The van der Waals surface area contributed by atoms with Crippen molar-refractivity contribution >= 4 is 10.9 Å². The summed E-state index contributed by atoms with van der Waals surface area (Å²) in [5, 5.41) is 15.3. The van der Waals surface area contributed by atoms with Crippen molar-refractivity contribution in [3.63, 3.8) is 0 Å². The van der Waals surface area contributed by atoms with Crippen LogP contribution in [0.3, 0.4) is 0 Å². The second-order valence-corrected chi connectivity index (χ2v) is 6.06. The van der Waals surface area contributed by atoms with E-state index in [4.69, 9.17) is 4.42 Å². The van der Waals surface area contributed by atoms with Crippen molar-refractivity contribution in [2.45, 2.75) is 32.9 Å². The number of nitrogens with one attached hydrogen (secondary N) is 2. The molecule has 1 aromatic carbocycles. The molecule has 1 unspecified atom stereocenters. The highest BCUT2D eigenvalue weighted by Crippen LogP contribution is 2.26. The minimum atomic E-state index is -0.951. The van der Waals surface area contributed by atoms with Crippen molar-refractivity contribution in [3.05, 3.63) is 59.2 Å². The van der Waals surface area contributed by atoms with Crippen LogP contribution < -0.4 is 5.32 Å². The van der Waals surface area contributed by atoms with Crippen molar-refractivity contribution in [2.75, 3.05) is 6.54 Å². The van der Waals surface area contributed by atoms with Gasteiger partial charge in [0, 0.05) is 35.8 Å². The predicted octanol–water partition coefficient (Wildman–Crippen LogP) is 3.38. The average molecular weight is 298 g/mol. The van der Waals surface area contributed by atoms with Crippen LogP contribution in [0.1, 0.15) is 29.6 Å². The normalized spacial score (nSPS) is 14.4. The van der Waals surface area contributed by atoms with Gasteiger partial charge in [0.15, 0.2) is 0 Å². The Morgan fingerprint density at radius 3 is 2.82 bits per heavy atom. The van der Waals surface area contributed by atoms with Crippen LogP contribution >= 0.6 is 0 Å². The predicted molar refractivity (Wildman–Crippen MR) is 87.8 cm³/mol. The molecular weight excluding hydrogens is 276 g/mol. The first-order valence-electron chi connectivity index (χ1n) is 7.53. The van der Waals surface area contributed by atoms with Crippen molar-refractivity contribution < 1.29 is 9.52 Å². The standard InChI is InChI=1S/C18H22N2O2/c1-12-9-16(13(2)22-12)18(3,21)11-19-10-14-5-4-6-17-15(14)7-8-20-17/h4-9,19-21H,10-11H2,1-3H3. The van der Waals surface area contributed by atoms with Gasteiger partial charge in [0.25, 0.3) is 0 Å². The van der Waals surface area contributed by atoms with Crippen molar-refractivity contribution in [1.29, 1.82) is 0 Å². The summed E-state index contributed by atoms with van der Waals surface area (Å²) in [7, 11) is 0. The Hall–Kier alpha value is -2.04. The fourth-order valence-electron chi connectivity index (χ4n) is 3.01. The molecule has 0 saturated heterocycles. The van der Waals surface area contributed by atoms with E-state index in [1.165, 1.54) is 10.9 Å². The third-order valence-corrected chi connectivity index (χ3v) is 4.09. The molecule has 3 rings (SSSR count). The third-order valence-electron chi connectivity index (χ3n) is 4.09. The topological polar surface area (TPSA) is 61.2 Å². The molecule has 1 atom stereocenters. The number of hydrogen-bond acceptors (Lipinski definition) is 3. The number of aromatic nitrogens is 1. The fourth-order valence-corrected chi connectivity index (χ4v) is 3.01. The Balaban J connectivity index is 1.70. The van der Waals surface area contributed by atoms with Gasteiger partial charge in [-0.1, -0.05) is 12.1 Å². The van der Waals surface area contributed by atoms with Gasteiger partial charge in [-0.3, -0.25) is 0 Å². The van der Waals surface area contributed by atoms with E-state index in [9.17, 15) is 5.11 Å². The lowest BCUT2D eigenvalue weighted by molar-refractivity contribution is 0.0552. The van der Waals surface area contributed by atoms with Crippen molar-refractivity contribution in [2.24, 2.45) is 0 Å². The minimum Gasteiger partial charge on any atom is -0.466 e. The lowest BCUT2D eigenvalue weighted by Crippen LogP contribution is -2.35. The molecular formula is C18H22N2O2. The molecule has 3 N–H and O–H groups in total. The molecule has 0 aliphatic heterocycles. The van der Waals surface area contributed by atoms with E-state index in [0.717, 1.165) is 22.6 Å². The van der Waals surface area contributed by atoms with Gasteiger partial charge in [0.1, 0.15) is 17.1 Å². The van der Waals surface area contributed by atoms with Gasteiger partial charge in [-0.25, -0.2) is 0 Å². The Bertz CT molecular complexity index is 783. The number of aryl methyl sites for hydroxylation is 2. The largest absolute Gasteiger partial charge is 0.466 e. The molecule has 0 fully saturated rings. The zero-order valence-corrected chi connectivity index (χ0v) is 13.2. The van der Waals surface area contributed by atoms with E-state index in [2.05, 4.69) is 28.5 Å². The van der Waals surface area contributed by atoms with Crippen LogP contribution in [0.2, 0.25) is 0 Å². The molecule has 3 aromatic rings. The van der Waals surface area contributed by atoms with Gasteiger partial charge in [0.05, 0.1) is 0 Å². The van der Waals surface area contributed by atoms with Crippen molar-refractivity contribution in [3.8, 4) is 0 Å². The summed E-state index contributed by atoms with van der Waals surface area (Å²) in [6, 6.07) is 10.2. The summed E-state index contributed by atoms with van der Waals surface area (Å²) < 4.78 is 5.52. The number of H-pyrrole nitrogens is 1. The maximum atomic E-state index is 10.7. The van der Waals surface area contributed by atoms with Crippen LogP contribution in [0.5, 0.6) is 0 Å². The highest BCUT2D eigenvalue weighted by atomic mass is 16.3. The van der Waals surface area contributed by atoms with Crippen LogP contribution in [0.25, 0.3) is 10.9 Å². The van der Waals surface area contributed by atoms with Crippen LogP contribution in [0.15, 0.2) is 40.9 Å². The summed E-state index contributed by atoms with van der Waals surface area (Å²) in [5.74, 6) is 1.60. The van der Waals surface area contributed by atoms with Gasteiger partial charge in [-0.05, 0) is 44.5 Å². The van der Waals surface area contributed by atoms with Gasteiger partial charge in [-0.15, -0.1) is 0 Å². The van der Waals surface area contributed by atoms with Gasteiger partial charge in [-0.2, -0.15) is 0 Å². The highest BCUT2D eigenvalue weighted by molar-refractivity contribution is 5.82. The SMILES string of the molecule is Cc1cc(C(C)(O)CNCc2cccc3[nH]ccc23)c(C)o1. The van der Waals surface area contributed by atoms with E-state index in [-0.39, 0.29) is 0 Å². The molecule has 0 spiro atoms. The molecule has 4 heteroatoms. The van der Waals surface area contributed by atoms with E-state index >= 15 is 0 Å². The summed E-state index contributed by atoms with van der Waals surface area (Å²) in [6.45, 7) is 6.77. The van der Waals surface area contributed by atoms with Gasteiger partial charge in [0.2, 0.25) is 0 Å². The Morgan fingerprint density at radius 2 is 2.09 bits per heavy atom. The van der Waals surface area contributed by atoms with Crippen LogP contribution in [-0.2, 0) is 12.1 Å². The van der Waals surface area contributed by atoms with Crippen molar-refractivity contribution in [1.82, 2.24) is 10.3 Å². The summed E-state index contributed by atoms with van der Waals surface area (Å²) >= 11 is 0. The Labute approximate surface area is 130 Å². The average Bonchev–Trinajstić information content (AvgIpc) is 3.05. The fraction of sp³-hybridized carbons (Fsp3) is 0.333. The molecule has 22 heavy (non-hydrogen) atoms. The molecule has 0 aliphatic carbocycles. The first-order valence-corrected chi connectivity index (χ1v) is 7.53. The van der Waals surface area contributed by atoms with Crippen LogP contribution in [0, 0.1) is 13.8 Å². The number of fused-ring (bicyclic) bond motifs is 1. The highest BCUT2D eigenvalue weighted by Gasteiger charge is 2.27. The molecule has 4 nitrogen and oxygen atoms in total. The number of furan rings is 1. The van der Waals surface area contributed by atoms with Gasteiger partial charge >= 0.3 is 0 Å². The van der Waals surface area contributed by atoms with E-state index < -0.39 is 5.60 Å². The quantitative estimate of drug-likeness (QED) is 0.677. The lowest BCUT2D eigenvalue weighted by Gasteiger charge is -2.23. The molecule has 0 bridgehead atoms. The maximum absolute atomic E-state index is 10.7.